The van der Waals surface area contributed by atoms with Gasteiger partial charge in [0.25, 0.3) is 0 Å². The SMILES string of the molecule is CCNC(=NCc1coc(-c2ccccc2)n1)N(C)CC1CCOC1.I. The quantitative estimate of drug-likeness (QED) is 0.399. The van der Waals surface area contributed by atoms with E-state index in [0.29, 0.717) is 18.4 Å². The van der Waals surface area contributed by atoms with Crippen molar-refractivity contribution >= 4 is 29.9 Å². The van der Waals surface area contributed by atoms with Crippen LogP contribution in [0.5, 0.6) is 0 Å². The third-order valence-corrected chi connectivity index (χ3v) is 4.22. The van der Waals surface area contributed by atoms with Gasteiger partial charge in [-0.2, -0.15) is 0 Å². The maximum atomic E-state index is 5.58. The molecule has 1 aromatic carbocycles. The molecule has 26 heavy (non-hydrogen) atoms. The van der Waals surface area contributed by atoms with E-state index in [1.54, 1.807) is 6.26 Å². The van der Waals surface area contributed by atoms with Crippen LogP contribution in [0.1, 0.15) is 19.0 Å². The van der Waals surface area contributed by atoms with Gasteiger partial charge in [0, 0.05) is 38.2 Å². The minimum atomic E-state index is 0. The van der Waals surface area contributed by atoms with Crippen molar-refractivity contribution in [2.45, 2.75) is 19.9 Å². The van der Waals surface area contributed by atoms with E-state index >= 15 is 0 Å². The summed E-state index contributed by atoms with van der Waals surface area (Å²) in [5, 5.41) is 3.34. The zero-order chi connectivity index (χ0) is 17.5. The van der Waals surface area contributed by atoms with Crippen molar-refractivity contribution in [2.24, 2.45) is 10.9 Å². The molecule has 0 amide bonds. The highest BCUT2D eigenvalue weighted by Crippen LogP contribution is 2.18. The molecule has 1 aromatic heterocycles. The van der Waals surface area contributed by atoms with Crippen molar-refractivity contribution in [3.05, 3.63) is 42.3 Å². The molecule has 0 saturated carbocycles. The smallest absolute Gasteiger partial charge is 0.226 e. The minimum Gasteiger partial charge on any atom is -0.444 e. The number of oxazole rings is 1. The predicted molar refractivity (Wildman–Crippen MR) is 114 cm³/mol. The number of halogens is 1. The van der Waals surface area contributed by atoms with E-state index in [2.05, 4.69) is 29.2 Å². The van der Waals surface area contributed by atoms with Crippen molar-refractivity contribution in [2.75, 3.05) is 33.4 Å². The van der Waals surface area contributed by atoms with Crippen LogP contribution in [0.15, 0.2) is 46.0 Å². The van der Waals surface area contributed by atoms with Crippen molar-refractivity contribution < 1.29 is 9.15 Å². The largest absolute Gasteiger partial charge is 0.444 e. The molecule has 2 aromatic rings. The number of guanidine groups is 1. The number of rotatable bonds is 6. The summed E-state index contributed by atoms with van der Waals surface area (Å²) < 4.78 is 11.0. The van der Waals surface area contributed by atoms with Crippen molar-refractivity contribution in [3.63, 3.8) is 0 Å². The van der Waals surface area contributed by atoms with Crippen molar-refractivity contribution in [1.29, 1.82) is 0 Å². The van der Waals surface area contributed by atoms with Crippen LogP contribution in [0.25, 0.3) is 11.5 Å². The Balaban J connectivity index is 0.00000243. The topological polar surface area (TPSA) is 62.9 Å². The summed E-state index contributed by atoms with van der Waals surface area (Å²) in [6.07, 6.45) is 2.80. The number of nitrogens with zero attached hydrogens (tertiary/aromatic N) is 3. The van der Waals surface area contributed by atoms with Crippen molar-refractivity contribution in [1.82, 2.24) is 15.2 Å². The van der Waals surface area contributed by atoms with Crippen LogP contribution in [0, 0.1) is 5.92 Å². The van der Waals surface area contributed by atoms with E-state index in [-0.39, 0.29) is 24.0 Å². The van der Waals surface area contributed by atoms with Gasteiger partial charge >= 0.3 is 0 Å². The number of aromatic nitrogens is 1. The lowest BCUT2D eigenvalue weighted by Gasteiger charge is -2.24. The Kier molecular flexibility index (Phi) is 8.37. The first-order valence-corrected chi connectivity index (χ1v) is 8.83. The van der Waals surface area contributed by atoms with E-state index in [1.807, 2.05) is 30.3 Å². The number of nitrogens with one attached hydrogen (secondary N) is 1. The van der Waals surface area contributed by atoms with E-state index in [0.717, 1.165) is 49.9 Å². The lowest BCUT2D eigenvalue weighted by atomic mass is 10.1. The van der Waals surface area contributed by atoms with Gasteiger partial charge in [0.05, 0.1) is 13.2 Å². The Bertz CT molecular complexity index is 684. The molecule has 1 saturated heterocycles. The molecule has 7 heteroatoms. The Morgan fingerprint density at radius 3 is 2.85 bits per heavy atom. The minimum absolute atomic E-state index is 0. The second-order valence-corrected chi connectivity index (χ2v) is 6.29. The Morgan fingerprint density at radius 2 is 2.15 bits per heavy atom. The van der Waals surface area contributed by atoms with Gasteiger partial charge in [0.2, 0.25) is 5.89 Å². The van der Waals surface area contributed by atoms with Crippen LogP contribution in [-0.4, -0.2) is 49.2 Å². The lowest BCUT2D eigenvalue weighted by Crippen LogP contribution is -2.41. The molecule has 1 unspecified atom stereocenters. The first kappa shape index (κ1) is 20.7. The molecule has 1 aliphatic rings. The molecule has 1 fully saturated rings. The Hall–Kier alpha value is -1.61. The number of hydrogen-bond acceptors (Lipinski definition) is 4. The van der Waals surface area contributed by atoms with E-state index in [9.17, 15) is 0 Å². The summed E-state index contributed by atoms with van der Waals surface area (Å²) >= 11 is 0. The molecule has 1 aliphatic heterocycles. The first-order valence-electron chi connectivity index (χ1n) is 8.83. The average molecular weight is 470 g/mol. The van der Waals surface area contributed by atoms with Gasteiger partial charge in [-0.3, -0.25) is 0 Å². The zero-order valence-electron chi connectivity index (χ0n) is 15.4. The zero-order valence-corrected chi connectivity index (χ0v) is 17.7. The number of benzene rings is 1. The van der Waals surface area contributed by atoms with Crippen LogP contribution in [-0.2, 0) is 11.3 Å². The predicted octanol–water partition coefficient (Wildman–Crippen LogP) is 3.39. The third-order valence-electron chi connectivity index (χ3n) is 4.22. The molecule has 142 valence electrons. The van der Waals surface area contributed by atoms with Crippen LogP contribution >= 0.6 is 24.0 Å². The summed E-state index contributed by atoms with van der Waals surface area (Å²) in [5.74, 6) is 2.09. The van der Waals surface area contributed by atoms with Crippen LogP contribution in [0.2, 0.25) is 0 Å². The summed E-state index contributed by atoms with van der Waals surface area (Å²) in [5.41, 5.74) is 1.80. The molecular weight excluding hydrogens is 443 g/mol. The first-order chi connectivity index (χ1) is 12.3. The molecule has 1 N–H and O–H groups in total. The summed E-state index contributed by atoms with van der Waals surface area (Å²) in [4.78, 5) is 11.4. The third kappa shape index (κ3) is 5.70. The highest BCUT2D eigenvalue weighted by molar-refractivity contribution is 14.0. The molecule has 0 bridgehead atoms. The fourth-order valence-corrected chi connectivity index (χ4v) is 2.92. The lowest BCUT2D eigenvalue weighted by molar-refractivity contribution is 0.181. The fraction of sp³-hybridized carbons (Fsp3) is 0.474. The van der Waals surface area contributed by atoms with Crippen molar-refractivity contribution in [3.8, 4) is 11.5 Å². The standard InChI is InChI=1S/C19H26N4O2.HI/c1-3-20-19(23(2)12-15-9-10-24-13-15)21-11-17-14-25-18(22-17)16-7-5-4-6-8-16;/h4-8,14-15H,3,9-13H2,1-2H3,(H,20,21);1H. The van der Waals surface area contributed by atoms with Crippen LogP contribution < -0.4 is 5.32 Å². The van der Waals surface area contributed by atoms with Crippen LogP contribution in [0.4, 0.5) is 0 Å². The average Bonchev–Trinajstić information content (AvgIpc) is 3.31. The summed E-state index contributed by atoms with van der Waals surface area (Å²) in [6, 6.07) is 9.90. The maximum absolute atomic E-state index is 5.58. The fourth-order valence-electron chi connectivity index (χ4n) is 2.92. The molecule has 6 nitrogen and oxygen atoms in total. The van der Waals surface area contributed by atoms with E-state index in [4.69, 9.17) is 14.1 Å². The van der Waals surface area contributed by atoms with Crippen LogP contribution in [0.3, 0.4) is 0 Å². The monoisotopic (exact) mass is 470 g/mol. The molecule has 0 spiro atoms. The van der Waals surface area contributed by atoms with Gasteiger partial charge in [-0.15, -0.1) is 24.0 Å². The number of hydrogen-bond donors (Lipinski definition) is 1. The summed E-state index contributed by atoms with van der Waals surface area (Å²) in [6.45, 7) is 6.05. The second kappa shape index (κ2) is 10.5. The highest BCUT2D eigenvalue weighted by Gasteiger charge is 2.19. The molecule has 3 rings (SSSR count). The highest BCUT2D eigenvalue weighted by atomic mass is 127. The number of ether oxygens (including phenoxy) is 1. The summed E-state index contributed by atoms with van der Waals surface area (Å²) in [7, 11) is 2.07. The van der Waals surface area contributed by atoms with E-state index in [1.165, 1.54) is 0 Å². The van der Waals surface area contributed by atoms with E-state index < -0.39 is 0 Å². The maximum Gasteiger partial charge on any atom is 0.226 e. The molecule has 0 aliphatic carbocycles. The van der Waals surface area contributed by atoms with Gasteiger partial charge in [-0.25, -0.2) is 9.98 Å². The van der Waals surface area contributed by atoms with Gasteiger partial charge in [-0.1, -0.05) is 18.2 Å². The Labute approximate surface area is 172 Å². The van der Waals surface area contributed by atoms with Gasteiger partial charge in [0.1, 0.15) is 12.0 Å². The molecule has 1 atom stereocenters. The van der Waals surface area contributed by atoms with Gasteiger partial charge < -0.3 is 19.4 Å². The number of aliphatic imine (C=N–C) groups is 1. The Morgan fingerprint density at radius 1 is 1.35 bits per heavy atom. The normalized spacial score (nSPS) is 17.0. The van der Waals surface area contributed by atoms with Gasteiger partial charge in [0.15, 0.2) is 5.96 Å². The molecular formula is C19H27IN4O2. The van der Waals surface area contributed by atoms with Gasteiger partial charge in [-0.05, 0) is 25.5 Å². The molecule has 2 heterocycles. The second-order valence-electron chi connectivity index (χ2n) is 6.29. The molecule has 0 radical (unpaired) electrons.